The smallest absolute Gasteiger partial charge is 0.145 e. The summed E-state index contributed by atoms with van der Waals surface area (Å²) in [4.78, 5) is 0. The summed E-state index contributed by atoms with van der Waals surface area (Å²) in [6, 6.07) is 2.79. The van der Waals surface area contributed by atoms with Gasteiger partial charge in [0.1, 0.15) is 11.6 Å². The number of nitrogens with two attached hydrogens (primary N) is 1. The minimum absolute atomic E-state index is 0.344. The predicted octanol–water partition coefficient (Wildman–Crippen LogP) is 2.98. The van der Waals surface area contributed by atoms with Gasteiger partial charge in [0.15, 0.2) is 0 Å². The molecule has 0 atom stereocenters. The van der Waals surface area contributed by atoms with E-state index in [9.17, 15) is 4.39 Å². The van der Waals surface area contributed by atoms with Crippen molar-refractivity contribution in [2.45, 2.75) is 12.8 Å². The van der Waals surface area contributed by atoms with Gasteiger partial charge in [-0.25, -0.2) is 4.39 Å². The highest BCUT2D eigenvalue weighted by molar-refractivity contribution is 9.10. The molecule has 16 heavy (non-hydrogen) atoms. The van der Waals surface area contributed by atoms with Gasteiger partial charge in [-0.05, 0) is 34.8 Å². The van der Waals surface area contributed by atoms with E-state index in [-0.39, 0.29) is 5.82 Å². The summed E-state index contributed by atoms with van der Waals surface area (Å²) < 4.78 is 23.8. The molecule has 0 aliphatic carbocycles. The Morgan fingerprint density at radius 2 is 2.00 bits per heavy atom. The highest BCUT2D eigenvalue weighted by atomic mass is 79.9. The van der Waals surface area contributed by atoms with E-state index >= 15 is 0 Å². The van der Waals surface area contributed by atoms with Crippen LogP contribution in [0.25, 0.3) is 0 Å². The number of anilines is 1. The van der Waals surface area contributed by atoms with Crippen LogP contribution in [0.5, 0.6) is 5.75 Å². The minimum atomic E-state index is -0.374. The molecule has 1 aromatic carbocycles. The summed E-state index contributed by atoms with van der Waals surface area (Å²) in [6.45, 7) is 1.21. The van der Waals surface area contributed by atoms with Crippen LogP contribution in [0.1, 0.15) is 12.8 Å². The maximum atomic E-state index is 13.2. The van der Waals surface area contributed by atoms with Crippen molar-refractivity contribution >= 4 is 21.6 Å². The van der Waals surface area contributed by atoms with Gasteiger partial charge in [-0.3, -0.25) is 0 Å². The second-order valence-electron chi connectivity index (χ2n) is 3.35. The summed E-state index contributed by atoms with van der Waals surface area (Å²) in [5, 5.41) is 0. The highest BCUT2D eigenvalue weighted by Gasteiger charge is 2.06. The maximum Gasteiger partial charge on any atom is 0.145 e. The Balaban J connectivity index is 2.45. The Morgan fingerprint density at radius 1 is 1.31 bits per heavy atom. The first-order valence-electron chi connectivity index (χ1n) is 5.01. The molecule has 3 nitrogen and oxygen atoms in total. The van der Waals surface area contributed by atoms with Crippen LogP contribution >= 0.6 is 15.9 Å². The van der Waals surface area contributed by atoms with E-state index in [1.165, 1.54) is 12.1 Å². The van der Waals surface area contributed by atoms with Crippen molar-refractivity contribution in [3.05, 3.63) is 22.4 Å². The van der Waals surface area contributed by atoms with Gasteiger partial charge in [0, 0.05) is 19.8 Å². The van der Waals surface area contributed by atoms with Crippen LogP contribution < -0.4 is 10.5 Å². The molecule has 1 aromatic rings. The lowest BCUT2D eigenvalue weighted by molar-refractivity contribution is 0.184. The lowest BCUT2D eigenvalue weighted by Gasteiger charge is -2.09. The van der Waals surface area contributed by atoms with Gasteiger partial charge >= 0.3 is 0 Å². The molecule has 0 unspecified atom stereocenters. The second kappa shape index (κ2) is 6.70. The Kier molecular flexibility index (Phi) is 5.55. The minimum Gasteiger partial charge on any atom is -0.491 e. The Labute approximate surface area is 103 Å². The topological polar surface area (TPSA) is 44.5 Å². The fraction of sp³-hybridized carbons (Fsp3) is 0.455. The zero-order chi connectivity index (χ0) is 12.0. The molecule has 90 valence electrons. The van der Waals surface area contributed by atoms with E-state index < -0.39 is 0 Å². The SMILES string of the molecule is COCCCCOc1cc(F)c(Br)cc1N. The Bertz CT molecular complexity index is 347. The van der Waals surface area contributed by atoms with E-state index in [1.807, 2.05) is 0 Å². The normalized spacial score (nSPS) is 10.4. The summed E-state index contributed by atoms with van der Waals surface area (Å²) in [5.41, 5.74) is 6.12. The standard InChI is InChI=1S/C11H15BrFNO2/c1-15-4-2-3-5-16-11-7-9(13)8(12)6-10(11)14/h6-7H,2-5,14H2,1H3. The lowest BCUT2D eigenvalue weighted by Crippen LogP contribution is -2.02. The number of hydrogen-bond acceptors (Lipinski definition) is 3. The molecule has 2 N–H and O–H groups in total. The van der Waals surface area contributed by atoms with Gasteiger partial charge < -0.3 is 15.2 Å². The molecular weight excluding hydrogens is 277 g/mol. The molecule has 0 saturated heterocycles. The van der Waals surface area contributed by atoms with Crippen LogP contribution in [0.4, 0.5) is 10.1 Å². The van der Waals surface area contributed by atoms with E-state index in [0.717, 1.165) is 12.8 Å². The number of hydrogen-bond donors (Lipinski definition) is 1. The average Bonchev–Trinajstić information content (AvgIpc) is 2.25. The average molecular weight is 292 g/mol. The zero-order valence-corrected chi connectivity index (χ0v) is 10.7. The van der Waals surface area contributed by atoms with Crippen LogP contribution in [0.2, 0.25) is 0 Å². The van der Waals surface area contributed by atoms with Gasteiger partial charge in [-0.2, -0.15) is 0 Å². The molecule has 0 heterocycles. The van der Waals surface area contributed by atoms with E-state index in [0.29, 0.717) is 29.1 Å². The third-order valence-electron chi connectivity index (χ3n) is 2.05. The van der Waals surface area contributed by atoms with E-state index in [2.05, 4.69) is 15.9 Å². The number of methoxy groups -OCH3 is 1. The van der Waals surface area contributed by atoms with Crippen molar-refractivity contribution in [2.24, 2.45) is 0 Å². The molecule has 0 aliphatic rings. The summed E-state index contributed by atoms with van der Waals surface area (Å²) >= 11 is 3.06. The largest absolute Gasteiger partial charge is 0.491 e. The van der Waals surface area contributed by atoms with Crippen LogP contribution in [0, 0.1) is 5.82 Å². The van der Waals surface area contributed by atoms with Crippen LogP contribution in [-0.2, 0) is 4.74 Å². The van der Waals surface area contributed by atoms with Crippen LogP contribution in [0.15, 0.2) is 16.6 Å². The lowest BCUT2D eigenvalue weighted by atomic mass is 10.3. The van der Waals surface area contributed by atoms with Gasteiger partial charge in [-0.1, -0.05) is 0 Å². The Hall–Kier alpha value is -0.810. The summed E-state index contributed by atoms with van der Waals surface area (Å²) in [5.74, 6) is 0.0132. The summed E-state index contributed by atoms with van der Waals surface area (Å²) in [6.07, 6.45) is 1.76. The number of nitrogen functional groups attached to an aromatic ring is 1. The van der Waals surface area contributed by atoms with Crippen molar-refractivity contribution < 1.29 is 13.9 Å². The monoisotopic (exact) mass is 291 g/mol. The van der Waals surface area contributed by atoms with Crippen LogP contribution in [0.3, 0.4) is 0 Å². The van der Waals surface area contributed by atoms with Gasteiger partial charge in [0.2, 0.25) is 0 Å². The number of unbranched alkanes of at least 4 members (excludes halogenated alkanes) is 1. The first-order chi connectivity index (χ1) is 7.65. The van der Waals surface area contributed by atoms with Crippen molar-refractivity contribution in [1.82, 2.24) is 0 Å². The summed E-state index contributed by atoms with van der Waals surface area (Å²) in [7, 11) is 1.66. The van der Waals surface area contributed by atoms with Gasteiger partial charge in [0.05, 0.1) is 16.8 Å². The quantitative estimate of drug-likeness (QED) is 0.647. The maximum absolute atomic E-state index is 13.2. The molecule has 0 aliphatic heterocycles. The van der Waals surface area contributed by atoms with Crippen molar-refractivity contribution in [3.63, 3.8) is 0 Å². The molecular formula is C11H15BrFNO2. The Morgan fingerprint density at radius 3 is 2.69 bits per heavy atom. The zero-order valence-electron chi connectivity index (χ0n) is 9.13. The fourth-order valence-electron chi connectivity index (χ4n) is 1.20. The van der Waals surface area contributed by atoms with E-state index in [4.69, 9.17) is 15.2 Å². The number of halogens is 2. The second-order valence-corrected chi connectivity index (χ2v) is 4.21. The van der Waals surface area contributed by atoms with Crippen LogP contribution in [-0.4, -0.2) is 20.3 Å². The highest BCUT2D eigenvalue weighted by Crippen LogP contribution is 2.28. The van der Waals surface area contributed by atoms with E-state index in [1.54, 1.807) is 7.11 Å². The number of ether oxygens (including phenoxy) is 2. The molecule has 0 amide bonds. The van der Waals surface area contributed by atoms with Gasteiger partial charge in [-0.15, -0.1) is 0 Å². The van der Waals surface area contributed by atoms with Gasteiger partial charge in [0.25, 0.3) is 0 Å². The first-order valence-corrected chi connectivity index (χ1v) is 5.80. The molecule has 0 saturated carbocycles. The third-order valence-corrected chi connectivity index (χ3v) is 2.66. The molecule has 1 rings (SSSR count). The number of benzene rings is 1. The third kappa shape index (κ3) is 3.98. The number of rotatable bonds is 6. The van der Waals surface area contributed by atoms with Crippen molar-refractivity contribution in [2.75, 3.05) is 26.1 Å². The molecule has 0 aromatic heterocycles. The van der Waals surface area contributed by atoms with Crippen molar-refractivity contribution in [1.29, 1.82) is 0 Å². The molecule has 0 fully saturated rings. The molecule has 0 radical (unpaired) electrons. The molecule has 0 spiro atoms. The molecule has 0 bridgehead atoms. The fourth-order valence-corrected chi connectivity index (χ4v) is 1.56. The van der Waals surface area contributed by atoms with Crippen molar-refractivity contribution in [3.8, 4) is 5.75 Å². The first kappa shape index (κ1) is 13.3. The predicted molar refractivity (Wildman–Crippen MR) is 65.1 cm³/mol. The molecule has 5 heteroatoms.